The summed E-state index contributed by atoms with van der Waals surface area (Å²) in [5, 5.41) is 0. The minimum absolute atomic E-state index is 0.0347. The van der Waals surface area contributed by atoms with Crippen LogP contribution in [-0.4, -0.2) is 43.5 Å². The predicted octanol–water partition coefficient (Wildman–Crippen LogP) is 5.72. The molecule has 0 amide bonds. The summed E-state index contributed by atoms with van der Waals surface area (Å²) in [7, 11) is 0. The Balaban J connectivity index is 0.000000257. The summed E-state index contributed by atoms with van der Waals surface area (Å²) in [6.07, 6.45) is 4.41. The van der Waals surface area contributed by atoms with Crippen molar-refractivity contribution in [3.63, 3.8) is 0 Å². The van der Waals surface area contributed by atoms with Crippen LogP contribution in [0.5, 0.6) is 0 Å². The Hall–Kier alpha value is -2.70. The standard InChI is InChI=1S/C17H17NO2.C9H15ClNO2/c1-2-20-16(19)13-18-17(14-9-5-3-6-10-14)15-11-7-4-8-12-15;1-2-13-9(12)8(11-10)6-7-4-3-5-7/h3-12H,2,13H2,1H3;7-8H,2-6H2,1H3/q;-1. The molecule has 0 saturated heterocycles. The lowest BCUT2D eigenvalue weighted by Crippen LogP contribution is -2.26. The van der Waals surface area contributed by atoms with Crippen LogP contribution < -0.4 is 0 Å². The Kier molecular flexibility index (Phi) is 12.2. The molecule has 7 heteroatoms. The smallest absolute Gasteiger partial charge is 0.327 e. The molecule has 1 atom stereocenters. The van der Waals surface area contributed by atoms with E-state index in [1.165, 1.54) is 19.3 Å². The highest BCUT2D eigenvalue weighted by Crippen LogP contribution is 2.32. The summed E-state index contributed by atoms with van der Waals surface area (Å²) >= 11 is 5.35. The summed E-state index contributed by atoms with van der Waals surface area (Å²) in [6, 6.07) is 19.2. The molecular formula is C26H32ClN2O4-. The summed E-state index contributed by atoms with van der Waals surface area (Å²) in [5.41, 5.74) is 2.78. The summed E-state index contributed by atoms with van der Waals surface area (Å²) in [4.78, 5) is 30.7. The highest BCUT2D eigenvalue weighted by molar-refractivity contribution is 6.26. The normalized spacial score (nSPS) is 13.5. The molecular weight excluding hydrogens is 440 g/mol. The van der Waals surface area contributed by atoms with Crippen molar-refractivity contribution in [1.29, 1.82) is 0 Å². The molecule has 2 aromatic carbocycles. The van der Waals surface area contributed by atoms with Crippen LogP contribution in [0.3, 0.4) is 0 Å². The van der Waals surface area contributed by atoms with E-state index in [1.54, 1.807) is 13.8 Å². The molecule has 0 bridgehead atoms. The van der Waals surface area contributed by atoms with Crippen LogP contribution in [0.2, 0.25) is 0 Å². The molecule has 1 aliphatic rings. The van der Waals surface area contributed by atoms with E-state index in [9.17, 15) is 9.59 Å². The zero-order valence-electron chi connectivity index (χ0n) is 19.3. The van der Waals surface area contributed by atoms with Gasteiger partial charge < -0.3 is 14.3 Å². The lowest BCUT2D eigenvalue weighted by molar-refractivity contribution is -0.144. The molecule has 0 N–H and O–H groups in total. The number of carbonyl (C=O) groups is 2. The van der Waals surface area contributed by atoms with Crippen LogP contribution in [-0.2, 0) is 19.1 Å². The van der Waals surface area contributed by atoms with Gasteiger partial charge in [0.2, 0.25) is 0 Å². The lowest BCUT2D eigenvalue weighted by Gasteiger charge is -2.33. The van der Waals surface area contributed by atoms with Crippen molar-refractivity contribution in [2.24, 2.45) is 10.9 Å². The van der Waals surface area contributed by atoms with Crippen LogP contribution in [0.4, 0.5) is 0 Å². The molecule has 0 aliphatic heterocycles. The second kappa shape index (κ2) is 15.2. The lowest BCUT2D eigenvalue weighted by atomic mass is 9.81. The molecule has 2 aromatic rings. The highest BCUT2D eigenvalue weighted by atomic mass is 35.5. The SMILES string of the molecule is CCOC(=O)C(CC1CCC1)[N-]Cl.CCOC(=O)CN=C(c1ccccc1)c1ccccc1. The van der Waals surface area contributed by atoms with Gasteiger partial charge in [-0.15, -0.1) is 0 Å². The number of hydrogen-bond acceptors (Lipinski definition) is 5. The van der Waals surface area contributed by atoms with Gasteiger partial charge in [0.1, 0.15) is 6.54 Å². The molecule has 1 aliphatic carbocycles. The fourth-order valence-corrected chi connectivity index (χ4v) is 3.51. The third-order valence-corrected chi connectivity index (χ3v) is 5.46. The molecule has 0 spiro atoms. The molecule has 0 radical (unpaired) electrons. The topological polar surface area (TPSA) is 79.1 Å². The van der Waals surface area contributed by atoms with Crippen LogP contribution in [0.25, 0.3) is 4.84 Å². The predicted molar refractivity (Wildman–Crippen MR) is 132 cm³/mol. The Bertz CT molecular complexity index is 829. The Morgan fingerprint density at radius 1 is 0.970 bits per heavy atom. The second-order valence-electron chi connectivity index (χ2n) is 7.60. The zero-order chi connectivity index (χ0) is 23.9. The van der Waals surface area contributed by atoms with E-state index in [-0.39, 0.29) is 18.5 Å². The quantitative estimate of drug-likeness (QED) is 0.327. The van der Waals surface area contributed by atoms with Gasteiger partial charge in [0.25, 0.3) is 5.97 Å². The number of aliphatic imine (C=N–C) groups is 1. The largest absolute Gasteiger partial charge is 0.563 e. The monoisotopic (exact) mass is 471 g/mol. The van der Waals surface area contributed by atoms with E-state index in [4.69, 9.17) is 21.3 Å². The van der Waals surface area contributed by atoms with Crippen molar-refractivity contribution < 1.29 is 19.1 Å². The number of nitrogens with zero attached hydrogens (tertiary/aromatic N) is 2. The number of benzene rings is 2. The number of rotatable bonds is 10. The minimum atomic E-state index is -0.452. The first-order chi connectivity index (χ1) is 16.1. The van der Waals surface area contributed by atoms with Crippen molar-refractivity contribution >= 4 is 29.4 Å². The summed E-state index contributed by atoms with van der Waals surface area (Å²) in [5.74, 6) is 0.0261. The Morgan fingerprint density at radius 3 is 1.94 bits per heavy atom. The van der Waals surface area contributed by atoms with Crippen molar-refractivity contribution in [2.75, 3.05) is 19.8 Å². The second-order valence-corrected chi connectivity index (χ2v) is 7.80. The molecule has 3 rings (SSSR count). The maximum absolute atomic E-state index is 11.5. The zero-order valence-corrected chi connectivity index (χ0v) is 20.0. The van der Waals surface area contributed by atoms with Gasteiger partial charge in [-0.25, -0.2) is 0 Å². The number of halogens is 1. The van der Waals surface area contributed by atoms with Gasteiger partial charge in [-0.2, -0.15) is 0 Å². The Morgan fingerprint density at radius 2 is 1.52 bits per heavy atom. The van der Waals surface area contributed by atoms with E-state index in [0.29, 0.717) is 19.1 Å². The van der Waals surface area contributed by atoms with Crippen LogP contribution in [0, 0.1) is 5.92 Å². The molecule has 178 valence electrons. The maximum atomic E-state index is 11.5. The molecule has 1 fully saturated rings. The third kappa shape index (κ3) is 9.36. The van der Waals surface area contributed by atoms with Crippen molar-refractivity contribution in [1.82, 2.24) is 0 Å². The first-order valence-corrected chi connectivity index (χ1v) is 11.7. The summed E-state index contributed by atoms with van der Waals surface area (Å²) < 4.78 is 9.77. The number of esters is 2. The molecule has 6 nitrogen and oxygen atoms in total. The van der Waals surface area contributed by atoms with Crippen LogP contribution >= 0.6 is 11.8 Å². The first kappa shape index (κ1) is 26.6. The molecule has 1 unspecified atom stereocenters. The van der Waals surface area contributed by atoms with Gasteiger partial charge in [0.05, 0.1) is 18.9 Å². The van der Waals surface area contributed by atoms with Gasteiger partial charge in [0.15, 0.2) is 0 Å². The summed E-state index contributed by atoms with van der Waals surface area (Å²) in [6.45, 7) is 4.38. The molecule has 0 aromatic heterocycles. The van der Waals surface area contributed by atoms with Gasteiger partial charge in [-0.1, -0.05) is 86.3 Å². The molecule has 1 saturated carbocycles. The van der Waals surface area contributed by atoms with Crippen molar-refractivity contribution in [3.8, 4) is 0 Å². The van der Waals surface area contributed by atoms with Gasteiger partial charge in [-0.05, 0) is 25.8 Å². The average Bonchev–Trinajstić information content (AvgIpc) is 2.81. The van der Waals surface area contributed by atoms with Gasteiger partial charge in [-0.3, -0.25) is 26.4 Å². The third-order valence-electron chi connectivity index (χ3n) is 5.22. The van der Waals surface area contributed by atoms with E-state index in [1.807, 2.05) is 60.7 Å². The van der Waals surface area contributed by atoms with Crippen molar-refractivity contribution in [3.05, 3.63) is 76.6 Å². The van der Waals surface area contributed by atoms with Gasteiger partial charge >= 0.3 is 5.97 Å². The van der Waals surface area contributed by atoms with Crippen LogP contribution in [0.15, 0.2) is 65.7 Å². The average molecular weight is 472 g/mol. The van der Waals surface area contributed by atoms with Crippen molar-refractivity contribution in [2.45, 2.75) is 45.6 Å². The van der Waals surface area contributed by atoms with Crippen LogP contribution in [0.1, 0.15) is 50.7 Å². The van der Waals surface area contributed by atoms with E-state index < -0.39 is 6.04 Å². The number of hydrogen-bond donors (Lipinski definition) is 0. The van der Waals surface area contributed by atoms with Gasteiger partial charge in [0, 0.05) is 11.1 Å². The molecule has 0 heterocycles. The first-order valence-electron chi connectivity index (χ1n) is 11.4. The number of ether oxygens (including phenoxy) is 2. The minimum Gasteiger partial charge on any atom is -0.563 e. The fraction of sp³-hybridized carbons (Fsp3) is 0.423. The maximum Gasteiger partial charge on any atom is 0.327 e. The number of carbonyl (C=O) groups excluding carboxylic acids is 2. The Labute approximate surface area is 201 Å². The molecule has 33 heavy (non-hydrogen) atoms. The van der Waals surface area contributed by atoms with E-state index in [2.05, 4.69) is 9.83 Å². The fourth-order valence-electron chi connectivity index (χ4n) is 3.35. The highest BCUT2D eigenvalue weighted by Gasteiger charge is 2.21. The van der Waals surface area contributed by atoms with E-state index >= 15 is 0 Å². The van der Waals surface area contributed by atoms with E-state index in [0.717, 1.165) is 23.3 Å².